The van der Waals surface area contributed by atoms with Crippen LogP contribution < -0.4 is 4.74 Å². The lowest BCUT2D eigenvalue weighted by molar-refractivity contribution is -0.158. The fraction of sp³-hybridized carbons (Fsp3) is 0.294. The van der Waals surface area contributed by atoms with Crippen molar-refractivity contribution in [3.63, 3.8) is 0 Å². The molecule has 116 valence electrons. The third-order valence-corrected chi connectivity index (χ3v) is 3.87. The summed E-state index contributed by atoms with van der Waals surface area (Å²) >= 11 is 1.41. The van der Waals surface area contributed by atoms with Crippen LogP contribution in [-0.2, 0) is 9.53 Å². The Bertz CT molecular complexity index is 642. The first kappa shape index (κ1) is 16.2. The molecule has 0 spiro atoms. The Hall–Kier alpha value is -2.14. The SMILES string of the molecule is CCOC(=O)C(C)(C)Oc1ccc(C(=O)c2cccs2)cc1. The highest BCUT2D eigenvalue weighted by Crippen LogP contribution is 2.22. The number of esters is 1. The zero-order valence-electron chi connectivity index (χ0n) is 12.8. The van der Waals surface area contributed by atoms with Crippen LogP contribution in [0.4, 0.5) is 0 Å². The van der Waals surface area contributed by atoms with Gasteiger partial charge in [0.1, 0.15) is 5.75 Å². The van der Waals surface area contributed by atoms with Crippen LogP contribution >= 0.6 is 11.3 Å². The summed E-state index contributed by atoms with van der Waals surface area (Å²) < 4.78 is 10.6. The van der Waals surface area contributed by atoms with E-state index >= 15 is 0 Å². The number of ether oxygens (including phenoxy) is 2. The molecule has 2 rings (SSSR count). The van der Waals surface area contributed by atoms with Gasteiger partial charge < -0.3 is 9.47 Å². The van der Waals surface area contributed by atoms with E-state index in [1.54, 1.807) is 51.1 Å². The molecular formula is C17H18O4S. The zero-order chi connectivity index (χ0) is 16.2. The van der Waals surface area contributed by atoms with E-state index in [-0.39, 0.29) is 5.78 Å². The highest BCUT2D eigenvalue weighted by molar-refractivity contribution is 7.12. The van der Waals surface area contributed by atoms with Crippen molar-refractivity contribution in [2.75, 3.05) is 6.61 Å². The number of thiophene rings is 1. The molecule has 0 aliphatic carbocycles. The first-order valence-corrected chi connectivity index (χ1v) is 7.86. The lowest BCUT2D eigenvalue weighted by Gasteiger charge is -2.24. The van der Waals surface area contributed by atoms with Gasteiger partial charge in [-0.15, -0.1) is 11.3 Å². The van der Waals surface area contributed by atoms with Crippen LogP contribution in [0.3, 0.4) is 0 Å². The summed E-state index contributed by atoms with van der Waals surface area (Å²) in [5.74, 6) is 0.0701. The largest absolute Gasteiger partial charge is 0.476 e. The van der Waals surface area contributed by atoms with Crippen LogP contribution in [0.2, 0.25) is 0 Å². The monoisotopic (exact) mass is 318 g/mol. The number of ketones is 1. The Morgan fingerprint density at radius 1 is 1.14 bits per heavy atom. The lowest BCUT2D eigenvalue weighted by Crippen LogP contribution is -2.39. The van der Waals surface area contributed by atoms with Gasteiger partial charge in [-0.2, -0.15) is 0 Å². The van der Waals surface area contributed by atoms with Crippen LogP contribution in [-0.4, -0.2) is 24.0 Å². The second-order valence-corrected chi connectivity index (χ2v) is 6.11. The molecule has 0 N–H and O–H groups in total. The number of carbonyl (C=O) groups is 2. The van der Waals surface area contributed by atoms with Gasteiger partial charge in [-0.25, -0.2) is 4.79 Å². The number of hydrogen-bond donors (Lipinski definition) is 0. The molecule has 0 saturated carbocycles. The second-order valence-electron chi connectivity index (χ2n) is 5.16. The minimum absolute atomic E-state index is 0.0220. The first-order valence-electron chi connectivity index (χ1n) is 6.98. The molecule has 2 aromatic rings. The van der Waals surface area contributed by atoms with Gasteiger partial charge in [0.2, 0.25) is 5.78 Å². The molecule has 22 heavy (non-hydrogen) atoms. The molecule has 1 heterocycles. The molecule has 0 radical (unpaired) electrons. The van der Waals surface area contributed by atoms with E-state index in [0.717, 1.165) is 0 Å². The van der Waals surface area contributed by atoms with Gasteiger partial charge in [-0.3, -0.25) is 4.79 Å². The van der Waals surface area contributed by atoms with Crippen molar-refractivity contribution >= 4 is 23.1 Å². The summed E-state index contributed by atoms with van der Waals surface area (Å²) in [4.78, 5) is 24.7. The van der Waals surface area contributed by atoms with E-state index in [1.807, 2.05) is 11.4 Å². The molecule has 0 bridgehead atoms. The van der Waals surface area contributed by atoms with Gasteiger partial charge in [0.15, 0.2) is 5.60 Å². The fourth-order valence-electron chi connectivity index (χ4n) is 1.87. The highest BCUT2D eigenvalue weighted by Gasteiger charge is 2.31. The number of rotatable bonds is 6. The molecule has 0 unspecified atom stereocenters. The standard InChI is InChI=1S/C17H18O4S/c1-4-20-16(19)17(2,3)21-13-9-7-12(8-10-13)15(18)14-6-5-11-22-14/h5-11H,4H2,1-3H3. The average molecular weight is 318 g/mol. The maximum absolute atomic E-state index is 12.2. The number of hydrogen-bond acceptors (Lipinski definition) is 5. The van der Waals surface area contributed by atoms with Gasteiger partial charge in [0.05, 0.1) is 11.5 Å². The third-order valence-electron chi connectivity index (χ3n) is 3.00. The van der Waals surface area contributed by atoms with Gasteiger partial charge in [0, 0.05) is 5.56 Å². The molecule has 0 saturated heterocycles. The van der Waals surface area contributed by atoms with Crippen molar-refractivity contribution in [2.24, 2.45) is 0 Å². The summed E-state index contributed by atoms with van der Waals surface area (Å²) in [5.41, 5.74) is -0.487. The van der Waals surface area contributed by atoms with E-state index < -0.39 is 11.6 Å². The van der Waals surface area contributed by atoms with Crippen molar-refractivity contribution < 1.29 is 19.1 Å². The van der Waals surface area contributed by atoms with E-state index in [0.29, 0.717) is 22.8 Å². The molecule has 0 amide bonds. The molecule has 1 aromatic heterocycles. The van der Waals surface area contributed by atoms with Crippen LogP contribution in [0.25, 0.3) is 0 Å². The smallest absolute Gasteiger partial charge is 0.349 e. The molecule has 4 nitrogen and oxygen atoms in total. The fourth-order valence-corrected chi connectivity index (χ4v) is 2.55. The molecular weight excluding hydrogens is 300 g/mol. The van der Waals surface area contributed by atoms with Crippen molar-refractivity contribution in [1.29, 1.82) is 0 Å². The Morgan fingerprint density at radius 2 is 1.82 bits per heavy atom. The summed E-state index contributed by atoms with van der Waals surface area (Å²) in [6.45, 7) is 5.35. The molecule has 1 aromatic carbocycles. The van der Waals surface area contributed by atoms with Crippen LogP contribution in [0.1, 0.15) is 36.0 Å². The van der Waals surface area contributed by atoms with Crippen molar-refractivity contribution in [3.05, 3.63) is 52.2 Å². The lowest BCUT2D eigenvalue weighted by atomic mass is 10.1. The topological polar surface area (TPSA) is 52.6 Å². The van der Waals surface area contributed by atoms with E-state index in [9.17, 15) is 9.59 Å². The van der Waals surface area contributed by atoms with Gasteiger partial charge in [-0.05, 0) is 56.5 Å². The van der Waals surface area contributed by atoms with Crippen LogP contribution in [0, 0.1) is 0 Å². The molecule has 0 atom stereocenters. The Balaban J connectivity index is 2.09. The number of carbonyl (C=O) groups excluding carboxylic acids is 2. The average Bonchev–Trinajstić information content (AvgIpc) is 3.01. The third kappa shape index (κ3) is 3.74. The minimum Gasteiger partial charge on any atom is -0.476 e. The molecule has 0 aliphatic rings. The first-order chi connectivity index (χ1) is 10.4. The highest BCUT2D eigenvalue weighted by atomic mass is 32.1. The van der Waals surface area contributed by atoms with E-state index in [4.69, 9.17) is 9.47 Å². The maximum atomic E-state index is 12.2. The summed E-state index contributed by atoms with van der Waals surface area (Å²) in [6.07, 6.45) is 0. The Labute approximate surface area is 133 Å². The van der Waals surface area contributed by atoms with Crippen molar-refractivity contribution in [1.82, 2.24) is 0 Å². The second kappa shape index (κ2) is 6.75. The van der Waals surface area contributed by atoms with Crippen LogP contribution in [0.5, 0.6) is 5.75 Å². The van der Waals surface area contributed by atoms with Crippen molar-refractivity contribution in [3.8, 4) is 5.75 Å². The minimum atomic E-state index is -1.07. The normalized spacial score (nSPS) is 11.0. The van der Waals surface area contributed by atoms with Gasteiger partial charge in [-0.1, -0.05) is 6.07 Å². The summed E-state index contributed by atoms with van der Waals surface area (Å²) in [7, 11) is 0. The van der Waals surface area contributed by atoms with Crippen LogP contribution in [0.15, 0.2) is 41.8 Å². The summed E-state index contributed by atoms with van der Waals surface area (Å²) in [5, 5.41) is 1.87. The van der Waals surface area contributed by atoms with E-state index in [2.05, 4.69) is 0 Å². The summed E-state index contributed by atoms with van der Waals surface area (Å²) in [6, 6.07) is 10.4. The maximum Gasteiger partial charge on any atom is 0.349 e. The number of benzene rings is 1. The zero-order valence-corrected chi connectivity index (χ0v) is 13.6. The predicted octanol–water partition coefficient (Wildman–Crippen LogP) is 3.70. The predicted molar refractivity (Wildman–Crippen MR) is 85.5 cm³/mol. The molecule has 5 heteroatoms. The van der Waals surface area contributed by atoms with Crippen molar-refractivity contribution in [2.45, 2.75) is 26.4 Å². The Morgan fingerprint density at radius 3 is 2.36 bits per heavy atom. The quantitative estimate of drug-likeness (QED) is 0.602. The molecule has 0 aliphatic heterocycles. The van der Waals surface area contributed by atoms with Gasteiger partial charge >= 0.3 is 5.97 Å². The molecule has 0 fully saturated rings. The Kier molecular flexibility index (Phi) is 4.98. The van der Waals surface area contributed by atoms with Gasteiger partial charge in [0.25, 0.3) is 0 Å². The van der Waals surface area contributed by atoms with E-state index in [1.165, 1.54) is 11.3 Å².